The lowest BCUT2D eigenvalue weighted by Crippen LogP contribution is -2.49. The predicted molar refractivity (Wildman–Crippen MR) is 127 cm³/mol. The molecule has 194 valence electrons. The molecule has 3 heterocycles. The number of rotatable bonds is 6. The first-order valence-electron chi connectivity index (χ1n) is 11.1. The van der Waals surface area contributed by atoms with E-state index in [9.17, 15) is 21.6 Å². The van der Waals surface area contributed by atoms with Crippen molar-refractivity contribution in [3.05, 3.63) is 61.1 Å². The Kier molecular flexibility index (Phi) is 6.37. The Labute approximate surface area is 209 Å². The summed E-state index contributed by atoms with van der Waals surface area (Å²) in [6, 6.07) is 11.8. The molecule has 37 heavy (non-hydrogen) atoms. The molecule has 0 amide bonds. The lowest BCUT2D eigenvalue weighted by atomic mass is 10.1. The highest BCUT2D eigenvalue weighted by atomic mass is 32.2. The lowest BCUT2D eigenvalue weighted by molar-refractivity contribution is -0.274. The maximum absolute atomic E-state index is 13.2. The second-order valence-corrected chi connectivity index (χ2v) is 10.0. The number of methoxy groups -OCH3 is 1. The van der Waals surface area contributed by atoms with Gasteiger partial charge in [-0.1, -0.05) is 18.2 Å². The number of aromatic nitrogens is 4. The minimum atomic E-state index is -4.92. The van der Waals surface area contributed by atoms with Gasteiger partial charge in [-0.15, -0.1) is 13.2 Å². The van der Waals surface area contributed by atoms with Gasteiger partial charge in [0.2, 0.25) is 10.0 Å². The second kappa shape index (κ2) is 9.52. The number of nitrogens with zero attached hydrogens (tertiary/aromatic N) is 6. The third kappa shape index (κ3) is 5.02. The summed E-state index contributed by atoms with van der Waals surface area (Å²) in [5, 5.41) is 4.31. The van der Waals surface area contributed by atoms with Crippen LogP contribution in [0.5, 0.6) is 11.5 Å². The van der Waals surface area contributed by atoms with Crippen LogP contribution in [0.15, 0.2) is 66.0 Å². The van der Waals surface area contributed by atoms with E-state index in [1.165, 1.54) is 22.8 Å². The molecule has 0 bridgehead atoms. The Hall–Kier alpha value is -3.91. The topological polar surface area (TPSA) is 102 Å². The maximum Gasteiger partial charge on any atom is 0.573 e. The lowest BCUT2D eigenvalue weighted by Gasteiger charge is -2.36. The number of anilines is 1. The quantitative estimate of drug-likeness (QED) is 0.372. The number of benzene rings is 2. The van der Waals surface area contributed by atoms with Crippen molar-refractivity contribution in [1.29, 1.82) is 0 Å². The Bertz CT molecular complexity index is 1520. The molecule has 0 saturated carbocycles. The summed E-state index contributed by atoms with van der Waals surface area (Å²) in [5.41, 5.74) is 1.63. The molecule has 2 aromatic heterocycles. The van der Waals surface area contributed by atoms with Crippen molar-refractivity contribution >= 4 is 21.6 Å². The Morgan fingerprint density at radius 3 is 2.35 bits per heavy atom. The molecule has 0 N–H and O–H groups in total. The summed E-state index contributed by atoms with van der Waals surface area (Å²) in [6.45, 7) is 0.820. The molecular formula is C23H21F3N6O4S. The molecule has 1 fully saturated rings. The molecule has 0 unspecified atom stereocenters. The minimum absolute atomic E-state index is 0.104. The number of halogens is 3. The summed E-state index contributed by atoms with van der Waals surface area (Å²) >= 11 is 0. The summed E-state index contributed by atoms with van der Waals surface area (Å²) in [5.74, 6) is 1.19. The molecule has 1 saturated heterocycles. The fraction of sp³-hybridized carbons (Fsp3) is 0.261. The van der Waals surface area contributed by atoms with E-state index in [1.54, 1.807) is 17.8 Å². The van der Waals surface area contributed by atoms with Crippen LogP contribution >= 0.6 is 0 Å². The molecule has 0 spiro atoms. The molecule has 1 aliphatic rings. The van der Waals surface area contributed by atoms with Gasteiger partial charge in [-0.25, -0.2) is 13.4 Å². The van der Waals surface area contributed by atoms with E-state index >= 15 is 0 Å². The van der Waals surface area contributed by atoms with Crippen LogP contribution in [0, 0.1) is 0 Å². The highest BCUT2D eigenvalue weighted by molar-refractivity contribution is 7.89. The zero-order chi connectivity index (χ0) is 26.2. The van der Waals surface area contributed by atoms with Gasteiger partial charge in [0.1, 0.15) is 23.6 Å². The largest absolute Gasteiger partial charge is 0.573 e. The molecule has 10 nitrogen and oxygen atoms in total. The van der Waals surface area contributed by atoms with Crippen molar-refractivity contribution < 1.29 is 31.1 Å². The van der Waals surface area contributed by atoms with Crippen molar-refractivity contribution in [1.82, 2.24) is 23.9 Å². The van der Waals surface area contributed by atoms with Crippen LogP contribution in [0.25, 0.3) is 16.9 Å². The zero-order valence-corrected chi connectivity index (χ0v) is 20.3. The standard InChI is InChI=1S/C23H21F3N6O4S/c1-35-17-7-5-16(6-8-17)20-14-27-22-28-15-29-32(22)21(20)30-9-11-31(12-10-30)37(33,34)19-4-2-3-18(13-19)36-23(24,25)26/h2-8,13-15H,9-12H2,1H3. The first kappa shape index (κ1) is 24.8. The normalized spacial score (nSPS) is 15.2. The first-order valence-corrected chi connectivity index (χ1v) is 12.5. The van der Waals surface area contributed by atoms with Crippen molar-refractivity contribution in [2.75, 3.05) is 38.2 Å². The highest BCUT2D eigenvalue weighted by Crippen LogP contribution is 2.33. The van der Waals surface area contributed by atoms with E-state index in [0.717, 1.165) is 23.3 Å². The summed E-state index contributed by atoms with van der Waals surface area (Å²) in [7, 11) is -2.47. The molecule has 0 atom stereocenters. The number of hydrogen-bond acceptors (Lipinski definition) is 8. The highest BCUT2D eigenvalue weighted by Gasteiger charge is 2.33. The molecule has 1 aliphatic heterocycles. The van der Waals surface area contributed by atoms with E-state index in [0.29, 0.717) is 30.4 Å². The van der Waals surface area contributed by atoms with Gasteiger partial charge < -0.3 is 14.4 Å². The maximum atomic E-state index is 13.2. The summed E-state index contributed by atoms with van der Waals surface area (Å²) in [4.78, 5) is 10.2. The molecular weight excluding hydrogens is 513 g/mol. The van der Waals surface area contributed by atoms with Crippen LogP contribution < -0.4 is 14.4 Å². The third-order valence-corrected chi connectivity index (χ3v) is 7.79. The van der Waals surface area contributed by atoms with Gasteiger partial charge in [0.25, 0.3) is 5.78 Å². The Morgan fingerprint density at radius 2 is 1.68 bits per heavy atom. The Balaban J connectivity index is 1.41. The van der Waals surface area contributed by atoms with Gasteiger partial charge in [-0.2, -0.15) is 18.9 Å². The minimum Gasteiger partial charge on any atom is -0.497 e. The van der Waals surface area contributed by atoms with Gasteiger partial charge in [0.05, 0.1) is 12.0 Å². The van der Waals surface area contributed by atoms with E-state index in [4.69, 9.17) is 4.74 Å². The number of fused-ring (bicyclic) bond motifs is 1. The van der Waals surface area contributed by atoms with Crippen molar-refractivity contribution in [3.63, 3.8) is 0 Å². The van der Waals surface area contributed by atoms with Crippen LogP contribution in [0.3, 0.4) is 0 Å². The van der Waals surface area contributed by atoms with Crippen molar-refractivity contribution in [2.24, 2.45) is 0 Å². The monoisotopic (exact) mass is 534 g/mol. The number of sulfonamides is 1. The van der Waals surface area contributed by atoms with Gasteiger partial charge in [0, 0.05) is 44.0 Å². The van der Waals surface area contributed by atoms with E-state index in [2.05, 4.69) is 19.8 Å². The van der Waals surface area contributed by atoms with Crippen LogP contribution in [-0.2, 0) is 10.0 Å². The van der Waals surface area contributed by atoms with Gasteiger partial charge >= 0.3 is 6.36 Å². The number of piperazine rings is 1. The molecule has 4 aromatic rings. The average molecular weight is 535 g/mol. The third-order valence-electron chi connectivity index (χ3n) is 5.90. The van der Waals surface area contributed by atoms with Crippen LogP contribution in [0.4, 0.5) is 19.0 Å². The van der Waals surface area contributed by atoms with Gasteiger partial charge in [0.15, 0.2) is 0 Å². The van der Waals surface area contributed by atoms with E-state index in [1.807, 2.05) is 29.2 Å². The predicted octanol–water partition coefficient (Wildman–Crippen LogP) is 3.21. The zero-order valence-electron chi connectivity index (χ0n) is 19.5. The fourth-order valence-corrected chi connectivity index (χ4v) is 5.62. The first-order chi connectivity index (χ1) is 17.7. The van der Waals surface area contributed by atoms with E-state index in [-0.39, 0.29) is 18.0 Å². The smallest absolute Gasteiger partial charge is 0.497 e. The van der Waals surface area contributed by atoms with Crippen molar-refractivity contribution in [2.45, 2.75) is 11.3 Å². The number of ether oxygens (including phenoxy) is 2. The van der Waals surface area contributed by atoms with Crippen LogP contribution in [0.1, 0.15) is 0 Å². The average Bonchev–Trinajstić information content (AvgIpc) is 3.36. The summed E-state index contributed by atoms with van der Waals surface area (Å²) < 4.78 is 76.1. The van der Waals surface area contributed by atoms with Crippen LogP contribution in [-0.4, -0.2) is 72.0 Å². The fourth-order valence-electron chi connectivity index (χ4n) is 4.17. The SMILES string of the molecule is COc1ccc(-c2cnc3ncnn3c2N2CCN(S(=O)(=O)c3cccc(OC(F)(F)F)c3)CC2)cc1. The summed E-state index contributed by atoms with van der Waals surface area (Å²) in [6.07, 6.45) is -1.84. The number of alkyl halides is 3. The molecule has 5 rings (SSSR count). The van der Waals surface area contributed by atoms with Crippen molar-refractivity contribution in [3.8, 4) is 22.6 Å². The molecule has 2 aromatic carbocycles. The van der Waals surface area contributed by atoms with Gasteiger partial charge in [-0.05, 0) is 29.8 Å². The molecule has 14 heteroatoms. The number of hydrogen-bond donors (Lipinski definition) is 0. The Morgan fingerprint density at radius 1 is 0.946 bits per heavy atom. The second-order valence-electron chi connectivity index (χ2n) is 8.11. The van der Waals surface area contributed by atoms with E-state index < -0.39 is 22.1 Å². The molecule has 0 radical (unpaired) electrons. The van der Waals surface area contributed by atoms with Gasteiger partial charge in [-0.3, -0.25) is 0 Å². The van der Waals surface area contributed by atoms with Crippen LogP contribution in [0.2, 0.25) is 0 Å². The molecule has 0 aliphatic carbocycles.